The Morgan fingerprint density at radius 2 is 2.05 bits per heavy atom. The molecule has 0 saturated heterocycles. The highest BCUT2D eigenvalue weighted by molar-refractivity contribution is 5.96. The number of carbonyl (C=O) groups excluding carboxylic acids is 1. The van der Waals surface area contributed by atoms with Crippen molar-refractivity contribution >= 4 is 11.6 Å². The van der Waals surface area contributed by atoms with E-state index < -0.39 is 23.5 Å². The quantitative estimate of drug-likeness (QED) is 0.907. The average Bonchev–Trinajstić information content (AvgIpc) is 2.72. The van der Waals surface area contributed by atoms with Gasteiger partial charge >= 0.3 is 0 Å². The zero-order chi connectivity index (χ0) is 14.9. The van der Waals surface area contributed by atoms with Gasteiger partial charge in [-0.3, -0.25) is 9.89 Å². The second-order valence-corrected chi connectivity index (χ2v) is 4.68. The molecule has 6 heteroatoms. The van der Waals surface area contributed by atoms with Gasteiger partial charge in [-0.25, -0.2) is 8.78 Å². The number of halogens is 2. The number of nitrogens with one attached hydrogen (secondary N) is 2. The number of anilines is 1. The molecule has 0 fully saturated rings. The lowest BCUT2D eigenvalue weighted by molar-refractivity contribution is -0.117. The Morgan fingerprint density at radius 1 is 1.35 bits per heavy atom. The van der Waals surface area contributed by atoms with Crippen LogP contribution in [0.4, 0.5) is 14.5 Å². The van der Waals surface area contributed by atoms with Gasteiger partial charge in [-0.15, -0.1) is 0 Å². The number of aryl methyl sites for hydroxylation is 2. The molecule has 0 aliphatic heterocycles. The standard InChI is InChI=1S/C14H15F2N3O/c1-7(13-8(2)18-19-9(13)3)14(20)17-12-6-10(15)4-5-11(12)16/h4-7H,1-3H3,(H,17,20)(H,18,19). The third-order valence-electron chi connectivity index (χ3n) is 3.20. The van der Waals surface area contributed by atoms with Crippen molar-refractivity contribution in [1.29, 1.82) is 0 Å². The van der Waals surface area contributed by atoms with Crippen LogP contribution in [0.5, 0.6) is 0 Å². The van der Waals surface area contributed by atoms with Crippen molar-refractivity contribution in [2.45, 2.75) is 26.7 Å². The van der Waals surface area contributed by atoms with Crippen LogP contribution >= 0.6 is 0 Å². The number of nitrogens with zero attached hydrogens (tertiary/aromatic N) is 1. The fourth-order valence-corrected chi connectivity index (χ4v) is 2.16. The van der Waals surface area contributed by atoms with E-state index in [0.717, 1.165) is 29.5 Å². The van der Waals surface area contributed by atoms with Gasteiger partial charge in [0.05, 0.1) is 17.3 Å². The summed E-state index contributed by atoms with van der Waals surface area (Å²) in [6.07, 6.45) is 0. The first-order valence-electron chi connectivity index (χ1n) is 6.17. The van der Waals surface area contributed by atoms with Crippen molar-refractivity contribution < 1.29 is 13.6 Å². The van der Waals surface area contributed by atoms with Gasteiger partial charge < -0.3 is 5.32 Å². The van der Waals surface area contributed by atoms with Gasteiger partial charge in [0, 0.05) is 17.3 Å². The van der Waals surface area contributed by atoms with E-state index in [1.807, 2.05) is 6.92 Å². The molecule has 0 saturated carbocycles. The molecule has 106 valence electrons. The number of amides is 1. The van der Waals surface area contributed by atoms with E-state index >= 15 is 0 Å². The van der Waals surface area contributed by atoms with Crippen molar-refractivity contribution in [1.82, 2.24) is 10.2 Å². The number of aromatic nitrogens is 2. The van der Waals surface area contributed by atoms with Crippen LogP contribution < -0.4 is 5.32 Å². The van der Waals surface area contributed by atoms with E-state index in [1.54, 1.807) is 13.8 Å². The summed E-state index contributed by atoms with van der Waals surface area (Å²) in [6, 6.07) is 2.93. The summed E-state index contributed by atoms with van der Waals surface area (Å²) >= 11 is 0. The van der Waals surface area contributed by atoms with Crippen LogP contribution in [0.25, 0.3) is 0 Å². The molecule has 1 aromatic carbocycles. The Hall–Kier alpha value is -2.24. The molecule has 0 spiro atoms. The number of H-pyrrole nitrogens is 1. The van der Waals surface area contributed by atoms with Crippen molar-refractivity contribution in [3.05, 3.63) is 46.8 Å². The largest absolute Gasteiger partial charge is 0.323 e. The van der Waals surface area contributed by atoms with Crippen LogP contribution in [-0.4, -0.2) is 16.1 Å². The maximum absolute atomic E-state index is 13.5. The molecule has 1 unspecified atom stereocenters. The van der Waals surface area contributed by atoms with E-state index in [0.29, 0.717) is 5.69 Å². The number of hydrogen-bond donors (Lipinski definition) is 2. The van der Waals surface area contributed by atoms with Crippen molar-refractivity contribution in [2.24, 2.45) is 0 Å². The van der Waals surface area contributed by atoms with Crippen LogP contribution in [-0.2, 0) is 4.79 Å². The van der Waals surface area contributed by atoms with Crippen LogP contribution in [0.2, 0.25) is 0 Å². The summed E-state index contributed by atoms with van der Waals surface area (Å²) in [5.74, 6) is -2.21. The Morgan fingerprint density at radius 3 is 2.65 bits per heavy atom. The molecule has 1 amide bonds. The first kappa shape index (κ1) is 14.2. The molecule has 20 heavy (non-hydrogen) atoms. The summed E-state index contributed by atoms with van der Waals surface area (Å²) in [5.41, 5.74) is 2.09. The summed E-state index contributed by atoms with van der Waals surface area (Å²) in [5, 5.41) is 9.21. The zero-order valence-electron chi connectivity index (χ0n) is 11.4. The molecule has 1 atom stereocenters. The summed E-state index contributed by atoms with van der Waals surface area (Å²) in [4.78, 5) is 12.1. The minimum atomic E-state index is -0.674. The predicted octanol–water partition coefficient (Wildman–Crippen LogP) is 3.05. The maximum atomic E-state index is 13.5. The zero-order valence-corrected chi connectivity index (χ0v) is 11.4. The van der Waals surface area contributed by atoms with Gasteiger partial charge in [0.2, 0.25) is 5.91 Å². The van der Waals surface area contributed by atoms with E-state index in [4.69, 9.17) is 0 Å². The van der Waals surface area contributed by atoms with Crippen molar-refractivity contribution in [3.8, 4) is 0 Å². The van der Waals surface area contributed by atoms with Crippen LogP contribution in [0, 0.1) is 25.5 Å². The van der Waals surface area contributed by atoms with Gasteiger partial charge in [-0.2, -0.15) is 5.10 Å². The monoisotopic (exact) mass is 279 g/mol. The summed E-state index contributed by atoms with van der Waals surface area (Å²) < 4.78 is 26.6. The highest BCUT2D eigenvalue weighted by Crippen LogP contribution is 2.24. The molecule has 1 aromatic heterocycles. The number of benzene rings is 1. The number of rotatable bonds is 3. The fraction of sp³-hybridized carbons (Fsp3) is 0.286. The highest BCUT2D eigenvalue weighted by Gasteiger charge is 2.22. The topological polar surface area (TPSA) is 57.8 Å². The first-order chi connectivity index (χ1) is 9.40. The Labute approximate surface area is 115 Å². The molecule has 2 aromatic rings. The van der Waals surface area contributed by atoms with Crippen LogP contribution in [0.1, 0.15) is 29.8 Å². The molecule has 2 N–H and O–H groups in total. The SMILES string of the molecule is Cc1n[nH]c(C)c1C(C)C(=O)Nc1cc(F)ccc1F. The molecule has 4 nitrogen and oxygen atoms in total. The van der Waals surface area contributed by atoms with E-state index in [2.05, 4.69) is 15.5 Å². The van der Waals surface area contributed by atoms with Gasteiger partial charge in [0.25, 0.3) is 0 Å². The smallest absolute Gasteiger partial charge is 0.231 e. The molecule has 1 heterocycles. The summed E-state index contributed by atoms with van der Waals surface area (Å²) in [6.45, 7) is 5.28. The third kappa shape index (κ3) is 2.68. The molecular weight excluding hydrogens is 264 g/mol. The second-order valence-electron chi connectivity index (χ2n) is 4.68. The normalized spacial score (nSPS) is 12.2. The lowest BCUT2D eigenvalue weighted by Gasteiger charge is -2.13. The van der Waals surface area contributed by atoms with Gasteiger partial charge in [-0.1, -0.05) is 0 Å². The van der Waals surface area contributed by atoms with E-state index in [-0.39, 0.29) is 5.69 Å². The molecule has 0 aliphatic carbocycles. The molecule has 0 bridgehead atoms. The second kappa shape index (κ2) is 5.40. The van der Waals surface area contributed by atoms with Crippen molar-refractivity contribution in [2.75, 3.05) is 5.32 Å². The van der Waals surface area contributed by atoms with Crippen LogP contribution in [0.15, 0.2) is 18.2 Å². The van der Waals surface area contributed by atoms with Gasteiger partial charge in [-0.05, 0) is 32.9 Å². The predicted molar refractivity (Wildman–Crippen MR) is 71.5 cm³/mol. The average molecular weight is 279 g/mol. The number of aromatic amines is 1. The Kier molecular flexibility index (Phi) is 3.83. The highest BCUT2D eigenvalue weighted by atomic mass is 19.1. The first-order valence-corrected chi connectivity index (χ1v) is 6.17. The molecule has 0 aliphatic rings. The van der Waals surface area contributed by atoms with Crippen molar-refractivity contribution in [3.63, 3.8) is 0 Å². The fourth-order valence-electron chi connectivity index (χ4n) is 2.16. The van der Waals surface area contributed by atoms with Crippen LogP contribution in [0.3, 0.4) is 0 Å². The van der Waals surface area contributed by atoms with E-state index in [1.165, 1.54) is 0 Å². The summed E-state index contributed by atoms with van der Waals surface area (Å²) in [7, 11) is 0. The Balaban J connectivity index is 2.22. The molecular formula is C14H15F2N3O. The minimum absolute atomic E-state index is 0.166. The maximum Gasteiger partial charge on any atom is 0.231 e. The molecule has 2 rings (SSSR count). The van der Waals surface area contributed by atoms with Gasteiger partial charge in [0.15, 0.2) is 0 Å². The lowest BCUT2D eigenvalue weighted by Crippen LogP contribution is -2.20. The molecule has 0 radical (unpaired) electrons. The Bertz CT molecular complexity index is 632. The number of hydrogen-bond acceptors (Lipinski definition) is 2. The van der Waals surface area contributed by atoms with E-state index in [9.17, 15) is 13.6 Å². The van der Waals surface area contributed by atoms with Gasteiger partial charge in [0.1, 0.15) is 11.6 Å². The minimum Gasteiger partial charge on any atom is -0.323 e. The lowest BCUT2D eigenvalue weighted by atomic mass is 9.98. The third-order valence-corrected chi connectivity index (χ3v) is 3.20. The number of carbonyl (C=O) groups is 1.